The molecular weight excluding hydrogens is 170 g/mol. The number of rotatable bonds is 8. The fraction of sp³-hybridized carbons (Fsp3) is 0.889. The summed E-state index contributed by atoms with van der Waals surface area (Å²) >= 11 is 0. The minimum atomic E-state index is -0.974. The van der Waals surface area contributed by atoms with Gasteiger partial charge in [-0.2, -0.15) is 0 Å². The number of hydrogen-bond acceptors (Lipinski definition) is 3. The van der Waals surface area contributed by atoms with E-state index in [1.807, 2.05) is 0 Å². The molecule has 4 nitrogen and oxygen atoms in total. The normalized spacial score (nSPS) is 12.8. The third kappa shape index (κ3) is 6.54. The summed E-state index contributed by atoms with van der Waals surface area (Å²) in [5.41, 5.74) is 5.21. The zero-order chi connectivity index (χ0) is 10.1. The molecule has 0 fully saturated rings. The van der Waals surface area contributed by atoms with Crippen molar-refractivity contribution in [3.8, 4) is 0 Å². The van der Waals surface area contributed by atoms with E-state index in [0.29, 0.717) is 6.61 Å². The predicted octanol–water partition coefficient (Wildman–Crippen LogP) is 0.995. The van der Waals surface area contributed by atoms with Gasteiger partial charge in [-0.05, 0) is 6.42 Å². The highest BCUT2D eigenvalue weighted by atomic mass is 16.5. The monoisotopic (exact) mass is 189 g/mol. The maximum atomic E-state index is 10.4. The van der Waals surface area contributed by atoms with Crippen molar-refractivity contribution < 1.29 is 14.6 Å². The Hall–Kier alpha value is -0.610. The molecule has 0 saturated carbocycles. The predicted molar refractivity (Wildman–Crippen MR) is 50.6 cm³/mol. The van der Waals surface area contributed by atoms with Gasteiger partial charge in [0.15, 0.2) is 6.10 Å². The molecular formula is C9H19NO3. The molecule has 0 aromatic rings. The Kier molecular flexibility index (Phi) is 7.63. The van der Waals surface area contributed by atoms with Crippen molar-refractivity contribution in [2.45, 2.75) is 38.7 Å². The van der Waals surface area contributed by atoms with Gasteiger partial charge in [-0.3, -0.25) is 0 Å². The Morgan fingerprint density at radius 1 is 1.46 bits per heavy atom. The first-order valence-corrected chi connectivity index (χ1v) is 4.76. The SMILES string of the molecule is CCCCCCOC(CN)C(=O)O. The molecule has 0 aromatic carbocycles. The van der Waals surface area contributed by atoms with E-state index in [-0.39, 0.29) is 6.54 Å². The lowest BCUT2D eigenvalue weighted by Crippen LogP contribution is -2.32. The van der Waals surface area contributed by atoms with Crippen molar-refractivity contribution >= 4 is 5.97 Å². The topological polar surface area (TPSA) is 72.5 Å². The number of carboxylic acids is 1. The van der Waals surface area contributed by atoms with E-state index in [1.54, 1.807) is 0 Å². The summed E-state index contributed by atoms with van der Waals surface area (Å²) in [4.78, 5) is 10.4. The Morgan fingerprint density at radius 2 is 2.15 bits per heavy atom. The highest BCUT2D eigenvalue weighted by Gasteiger charge is 2.14. The zero-order valence-electron chi connectivity index (χ0n) is 8.16. The van der Waals surface area contributed by atoms with Gasteiger partial charge < -0.3 is 15.6 Å². The van der Waals surface area contributed by atoms with Gasteiger partial charge >= 0.3 is 5.97 Å². The molecule has 1 unspecified atom stereocenters. The van der Waals surface area contributed by atoms with Crippen LogP contribution >= 0.6 is 0 Å². The molecule has 0 rings (SSSR count). The molecule has 0 heterocycles. The zero-order valence-corrected chi connectivity index (χ0v) is 8.16. The lowest BCUT2D eigenvalue weighted by molar-refractivity contribution is -0.149. The molecule has 0 radical (unpaired) electrons. The number of aliphatic carboxylic acids is 1. The van der Waals surface area contributed by atoms with Crippen LogP contribution in [0.4, 0.5) is 0 Å². The van der Waals surface area contributed by atoms with E-state index in [1.165, 1.54) is 12.8 Å². The van der Waals surface area contributed by atoms with Crippen LogP contribution < -0.4 is 5.73 Å². The van der Waals surface area contributed by atoms with Gasteiger partial charge in [0.25, 0.3) is 0 Å². The van der Waals surface area contributed by atoms with Gasteiger partial charge in [0, 0.05) is 13.2 Å². The molecule has 0 saturated heterocycles. The summed E-state index contributed by atoms with van der Waals surface area (Å²) in [6.07, 6.45) is 3.51. The van der Waals surface area contributed by atoms with Crippen molar-refractivity contribution in [1.82, 2.24) is 0 Å². The summed E-state index contributed by atoms with van der Waals surface area (Å²) in [5.74, 6) is -0.974. The van der Waals surface area contributed by atoms with Crippen molar-refractivity contribution in [2.24, 2.45) is 5.73 Å². The second-order valence-electron chi connectivity index (χ2n) is 2.99. The van der Waals surface area contributed by atoms with Crippen molar-refractivity contribution in [1.29, 1.82) is 0 Å². The van der Waals surface area contributed by atoms with Crippen LogP contribution in [0, 0.1) is 0 Å². The largest absolute Gasteiger partial charge is 0.479 e. The summed E-state index contributed by atoms with van der Waals surface area (Å²) in [6, 6.07) is 0. The number of nitrogens with two attached hydrogens (primary N) is 1. The van der Waals surface area contributed by atoms with Crippen LogP contribution in [0.5, 0.6) is 0 Å². The van der Waals surface area contributed by atoms with Gasteiger partial charge in [-0.1, -0.05) is 26.2 Å². The highest BCUT2D eigenvalue weighted by Crippen LogP contribution is 2.00. The maximum absolute atomic E-state index is 10.4. The first-order valence-electron chi connectivity index (χ1n) is 4.76. The van der Waals surface area contributed by atoms with Crippen molar-refractivity contribution in [3.63, 3.8) is 0 Å². The molecule has 4 heteroatoms. The minimum Gasteiger partial charge on any atom is -0.479 e. The molecule has 3 N–H and O–H groups in total. The second kappa shape index (κ2) is 8.01. The summed E-state index contributed by atoms with van der Waals surface area (Å²) < 4.78 is 5.07. The molecule has 13 heavy (non-hydrogen) atoms. The molecule has 0 amide bonds. The van der Waals surface area contributed by atoms with Crippen LogP contribution in [-0.4, -0.2) is 30.3 Å². The molecule has 0 aromatic heterocycles. The van der Waals surface area contributed by atoms with Gasteiger partial charge in [-0.15, -0.1) is 0 Å². The summed E-state index contributed by atoms with van der Waals surface area (Å²) in [6.45, 7) is 2.66. The molecule has 0 bridgehead atoms. The van der Waals surface area contributed by atoms with E-state index in [9.17, 15) is 4.79 Å². The van der Waals surface area contributed by atoms with Crippen molar-refractivity contribution in [2.75, 3.05) is 13.2 Å². The number of ether oxygens (including phenoxy) is 1. The van der Waals surface area contributed by atoms with E-state index < -0.39 is 12.1 Å². The quantitative estimate of drug-likeness (QED) is 0.559. The fourth-order valence-electron chi connectivity index (χ4n) is 0.995. The summed E-state index contributed by atoms with van der Waals surface area (Å²) in [7, 11) is 0. The third-order valence-electron chi connectivity index (χ3n) is 1.81. The Balaban J connectivity index is 3.33. The van der Waals surface area contributed by atoms with Crippen LogP contribution in [0.15, 0.2) is 0 Å². The lowest BCUT2D eigenvalue weighted by atomic mass is 10.2. The molecule has 0 aliphatic rings. The first kappa shape index (κ1) is 12.4. The van der Waals surface area contributed by atoms with E-state index in [2.05, 4.69) is 6.92 Å². The average Bonchev–Trinajstić information content (AvgIpc) is 2.10. The molecule has 0 spiro atoms. The average molecular weight is 189 g/mol. The van der Waals surface area contributed by atoms with Gasteiger partial charge in [0.1, 0.15) is 0 Å². The number of carbonyl (C=O) groups is 1. The molecule has 78 valence electrons. The van der Waals surface area contributed by atoms with E-state index in [4.69, 9.17) is 15.6 Å². The van der Waals surface area contributed by atoms with E-state index >= 15 is 0 Å². The lowest BCUT2D eigenvalue weighted by Gasteiger charge is -2.10. The Labute approximate surface area is 79.1 Å². The number of hydrogen-bond donors (Lipinski definition) is 2. The van der Waals surface area contributed by atoms with Crippen LogP contribution in [0.2, 0.25) is 0 Å². The smallest absolute Gasteiger partial charge is 0.334 e. The van der Waals surface area contributed by atoms with Crippen molar-refractivity contribution in [3.05, 3.63) is 0 Å². The summed E-state index contributed by atoms with van der Waals surface area (Å²) in [5, 5.41) is 8.57. The molecule has 0 aliphatic carbocycles. The second-order valence-corrected chi connectivity index (χ2v) is 2.99. The van der Waals surface area contributed by atoms with Gasteiger partial charge in [0.05, 0.1) is 0 Å². The number of carboxylic acid groups (broad SMARTS) is 1. The highest BCUT2D eigenvalue weighted by molar-refractivity contribution is 5.72. The standard InChI is InChI=1S/C9H19NO3/c1-2-3-4-5-6-13-8(7-10)9(11)12/h8H,2-7,10H2,1H3,(H,11,12). The van der Waals surface area contributed by atoms with Crippen LogP contribution in [0.1, 0.15) is 32.6 Å². The third-order valence-corrected chi connectivity index (χ3v) is 1.81. The molecule has 1 atom stereocenters. The number of unbranched alkanes of at least 4 members (excludes halogenated alkanes) is 3. The van der Waals surface area contributed by atoms with Gasteiger partial charge in [-0.25, -0.2) is 4.79 Å². The molecule has 0 aliphatic heterocycles. The minimum absolute atomic E-state index is 0.0448. The van der Waals surface area contributed by atoms with Gasteiger partial charge in [0.2, 0.25) is 0 Å². The first-order chi connectivity index (χ1) is 6.22. The van der Waals surface area contributed by atoms with Crippen LogP contribution in [0.25, 0.3) is 0 Å². The maximum Gasteiger partial charge on any atom is 0.334 e. The van der Waals surface area contributed by atoms with Crippen LogP contribution in [0.3, 0.4) is 0 Å². The Morgan fingerprint density at radius 3 is 2.62 bits per heavy atom. The fourth-order valence-corrected chi connectivity index (χ4v) is 0.995. The van der Waals surface area contributed by atoms with E-state index in [0.717, 1.165) is 12.8 Å². The van der Waals surface area contributed by atoms with Crippen LogP contribution in [-0.2, 0) is 9.53 Å². The Bertz CT molecular complexity index is 139.